The number of ether oxygens (including phenoxy) is 1. The molecule has 2 heterocycles. The van der Waals surface area contributed by atoms with Crippen molar-refractivity contribution in [2.24, 2.45) is 0 Å². The third kappa shape index (κ3) is 2.67. The number of furan rings is 1. The number of hydrogen-bond donors (Lipinski definition) is 2. The van der Waals surface area contributed by atoms with Crippen molar-refractivity contribution in [3.63, 3.8) is 0 Å². The lowest BCUT2D eigenvalue weighted by molar-refractivity contribution is 0.0125. The molecule has 106 valence electrons. The van der Waals surface area contributed by atoms with Crippen LogP contribution < -0.4 is 5.32 Å². The van der Waals surface area contributed by atoms with Crippen molar-refractivity contribution in [1.82, 2.24) is 5.32 Å². The summed E-state index contributed by atoms with van der Waals surface area (Å²) in [6.45, 7) is 6.54. The molecule has 1 amide bonds. The normalized spacial score (nSPS) is 18.3. The predicted octanol–water partition coefficient (Wildman–Crippen LogP) is 1.48. The highest BCUT2D eigenvalue weighted by atomic mass is 16.5. The Morgan fingerprint density at radius 1 is 1.26 bits per heavy atom. The molecule has 1 aromatic heterocycles. The van der Waals surface area contributed by atoms with Crippen molar-refractivity contribution in [2.45, 2.75) is 39.2 Å². The number of rotatable bonds is 3. The van der Waals surface area contributed by atoms with E-state index in [-0.39, 0.29) is 12.5 Å². The molecule has 5 nitrogen and oxygen atoms in total. The number of carbonyl (C=O) groups excluding carboxylic acids is 1. The van der Waals surface area contributed by atoms with Gasteiger partial charge in [-0.05, 0) is 33.6 Å². The molecule has 1 aromatic rings. The van der Waals surface area contributed by atoms with Crippen molar-refractivity contribution in [3.05, 3.63) is 22.6 Å². The fraction of sp³-hybridized carbons (Fsp3) is 0.643. The summed E-state index contributed by atoms with van der Waals surface area (Å²) in [7, 11) is 0. The number of aliphatic hydroxyl groups is 1. The Kier molecular flexibility index (Phi) is 3.96. The molecule has 19 heavy (non-hydrogen) atoms. The maximum Gasteiger partial charge on any atom is 0.255 e. The molecule has 0 saturated carbocycles. The van der Waals surface area contributed by atoms with E-state index in [2.05, 4.69) is 5.32 Å². The molecule has 1 aliphatic rings. The third-order valence-electron chi connectivity index (χ3n) is 3.92. The van der Waals surface area contributed by atoms with Crippen LogP contribution in [0.4, 0.5) is 0 Å². The predicted molar refractivity (Wildman–Crippen MR) is 70.3 cm³/mol. The summed E-state index contributed by atoms with van der Waals surface area (Å²) in [4.78, 5) is 12.4. The topological polar surface area (TPSA) is 71.7 Å². The Labute approximate surface area is 112 Å². The van der Waals surface area contributed by atoms with Gasteiger partial charge in [0.1, 0.15) is 11.5 Å². The van der Waals surface area contributed by atoms with Crippen molar-refractivity contribution in [2.75, 3.05) is 19.8 Å². The minimum Gasteiger partial charge on any atom is -0.466 e. The zero-order chi connectivity index (χ0) is 14.0. The van der Waals surface area contributed by atoms with E-state index in [0.29, 0.717) is 37.4 Å². The molecule has 2 N–H and O–H groups in total. The summed E-state index contributed by atoms with van der Waals surface area (Å²) in [6, 6.07) is 0. The summed E-state index contributed by atoms with van der Waals surface area (Å²) in [5, 5.41) is 12.6. The molecule has 1 aliphatic heterocycles. The molecule has 2 rings (SSSR count). The Bertz CT molecular complexity index is 472. The first-order valence-corrected chi connectivity index (χ1v) is 6.57. The van der Waals surface area contributed by atoms with Crippen LogP contribution in [0.1, 0.15) is 40.3 Å². The lowest BCUT2D eigenvalue weighted by Gasteiger charge is -2.36. The zero-order valence-corrected chi connectivity index (χ0v) is 11.7. The van der Waals surface area contributed by atoms with Gasteiger partial charge in [-0.25, -0.2) is 0 Å². The number of aryl methyl sites for hydroxylation is 2. The minimum atomic E-state index is -0.570. The van der Waals surface area contributed by atoms with Crippen LogP contribution in [-0.2, 0) is 4.74 Å². The van der Waals surface area contributed by atoms with Gasteiger partial charge in [-0.3, -0.25) is 4.79 Å². The van der Waals surface area contributed by atoms with Gasteiger partial charge < -0.3 is 19.6 Å². The fourth-order valence-corrected chi connectivity index (χ4v) is 2.52. The molecule has 0 atom stereocenters. The van der Waals surface area contributed by atoms with Crippen molar-refractivity contribution >= 4 is 5.91 Å². The largest absolute Gasteiger partial charge is 0.466 e. The Balaban J connectivity index is 2.20. The number of hydrogen-bond acceptors (Lipinski definition) is 4. The molecule has 1 saturated heterocycles. The highest BCUT2D eigenvalue weighted by molar-refractivity contribution is 5.97. The van der Waals surface area contributed by atoms with E-state index in [1.165, 1.54) is 0 Å². The van der Waals surface area contributed by atoms with Gasteiger partial charge in [-0.2, -0.15) is 0 Å². The Morgan fingerprint density at radius 3 is 2.37 bits per heavy atom. The quantitative estimate of drug-likeness (QED) is 0.870. The maximum atomic E-state index is 12.4. The van der Waals surface area contributed by atoms with Crippen LogP contribution in [0.25, 0.3) is 0 Å². The summed E-state index contributed by atoms with van der Waals surface area (Å²) in [5.41, 5.74) is 0.867. The van der Waals surface area contributed by atoms with E-state index >= 15 is 0 Å². The van der Waals surface area contributed by atoms with Crippen molar-refractivity contribution < 1.29 is 19.1 Å². The first-order chi connectivity index (χ1) is 8.99. The summed E-state index contributed by atoms with van der Waals surface area (Å²) in [6.07, 6.45) is 1.26. The second-order valence-corrected chi connectivity index (χ2v) is 5.22. The molecular weight excluding hydrogens is 246 g/mol. The number of nitrogens with one attached hydrogen (secondary N) is 1. The lowest BCUT2D eigenvalue weighted by Crippen LogP contribution is -2.54. The monoisotopic (exact) mass is 267 g/mol. The highest BCUT2D eigenvalue weighted by Gasteiger charge is 2.35. The second kappa shape index (κ2) is 5.35. The van der Waals surface area contributed by atoms with Gasteiger partial charge in [0.25, 0.3) is 5.91 Å². The smallest absolute Gasteiger partial charge is 0.255 e. The molecular formula is C14H21NO4. The zero-order valence-electron chi connectivity index (χ0n) is 11.7. The molecule has 0 radical (unpaired) electrons. The van der Waals surface area contributed by atoms with Gasteiger partial charge in [0.2, 0.25) is 0 Å². The van der Waals surface area contributed by atoms with Crippen LogP contribution in [0.5, 0.6) is 0 Å². The molecule has 0 spiro atoms. The highest BCUT2D eigenvalue weighted by Crippen LogP contribution is 2.24. The molecule has 5 heteroatoms. The Morgan fingerprint density at radius 2 is 1.89 bits per heavy atom. The van der Waals surface area contributed by atoms with E-state index in [0.717, 1.165) is 11.3 Å². The first kappa shape index (κ1) is 14.1. The summed E-state index contributed by atoms with van der Waals surface area (Å²) in [5.74, 6) is 1.20. The van der Waals surface area contributed by atoms with Gasteiger partial charge in [-0.1, -0.05) is 0 Å². The first-order valence-electron chi connectivity index (χ1n) is 6.57. The molecule has 0 unspecified atom stereocenters. The van der Waals surface area contributed by atoms with E-state index < -0.39 is 5.54 Å². The fourth-order valence-electron chi connectivity index (χ4n) is 2.52. The standard InChI is InChI=1S/C14H21NO4/c1-9-10(2)19-11(3)12(9)13(17)15-14(8-16)4-6-18-7-5-14/h16H,4-8H2,1-3H3,(H,15,17). The average molecular weight is 267 g/mol. The minimum absolute atomic E-state index is 0.0724. The molecule has 0 bridgehead atoms. The van der Waals surface area contributed by atoms with Gasteiger partial charge in [0.05, 0.1) is 17.7 Å². The second-order valence-electron chi connectivity index (χ2n) is 5.22. The van der Waals surface area contributed by atoms with Crippen LogP contribution in [-0.4, -0.2) is 36.4 Å². The number of aliphatic hydroxyl groups excluding tert-OH is 1. The summed E-state index contributed by atoms with van der Waals surface area (Å²) < 4.78 is 10.8. The average Bonchev–Trinajstić information content (AvgIpc) is 2.64. The van der Waals surface area contributed by atoms with Gasteiger partial charge >= 0.3 is 0 Å². The van der Waals surface area contributed by atoms with E-state index in [9.17, 15) is 9.90 Å². The van der Waals surface area contributed by atoms with Crippen LogP contribution in [0.3, 0.4) is 0 Å². The lowest BCUT2D eigenvalue weighted by atomic mass is 9.90. The molecule has 0 aliphatic carbocycles. The Hall–Kier alpha value is -1.33. The van der Waals surface area contributed by atoms with Crippen molar-refractivity contribution in [3.8, 4) is 0 Å². The van der Waals surface area contributed by atoms with E-state index in [1.54, 1.807) is 6.92 Å². The molecule has 1 fully saturated rings. The van der Waals surface area contributed by atoms with Crippen LogP contribution in [0.15, 0.2) is 4.42 Å². The number of amides is 1. The van der Waals surface area contributed by atoms with Crippen LogP contribution >= 0.6 is 0 Å². The number of carbonyl (C=O) groups is 1. The maximum absolute atomic E-state index is 12.4. The van der Waals surface area contributed by atoms with Crippen LogP contribution in [0.2, 0.25) is 0 Å². The van der Waals surface area contributed by atoms with E-state index in [4.69, 9.17) is 9.15 Å². The van der Waals surface area contributed by atoms with Gasteiger partial charge in [-0.15, -0.1) is 0 Å². The van der Waals surface area contributed by atoms with Crippen LogP contribution in [0, 0.1) is 20.8 Å². The van der Waals surface area contributed by atoms with Gasteiger partial charge in [0, 0.05) is 18.8 Å². The SMILES string of the molecule is Cc1oc(C)c(C(=O)NC2(CO)CCOCC2)c1C. The van der Waals surface area contributed by atoms with Crippen molar-refractivity contribution in [1.29, 1.82) is 0 Å². The molecule has 0 aromatic carbocycles. The van der Waals surface area contributed by atoms with E-state index in [1.807, 2.05) is 13.8 Å². The third-order valence-corrected chi connectivity index (χ3v) is 3.92. The van der Waals surface area contributed by atoms with Gasteiger partial charge in [0.15, 0.2) is 0 Å². The summed E-state index contributed by atoms with van der Waals surface area (Å²) >= 11 is 0.